The summed E-state index contributed by atoms with van der Waals surface area (Å²) in [5.41, 5.74) is 5.86. The van der Waals surface area contributed by atoms with Crippen LogP contribution in [0.2, 0.25) is 5.02 Å². The first-order valence-corrected chi connectivity index (χ1v) is 6.35. The number of alkyl halides is 2. The van der Waals surface area contributed by atoms with E-state index in [9.17, 15) is 8.78 Å². The maximum atomic E-state index is 13.2. The lowest BCUT2D eigenvalue weighted by molar-refractivity contribution is -0.125. The van der Waals surface area contributed by atoms with Crippen LogP contribution in [0, 0.1) is 0 Å². The van der Waals surface area contributed by atoms with Gasteiger partial charge in [-0.2, -0.15) is 10.2 Å². The van der Waals surface area contributed by atoms with E-state index in [1.165, 1.54) is 0 Å². The van der Waals surface area contributed by atoms with Gasteiger partial charge < -0.3 is 5.73 Å². The molecule has 1 heterocycles. The summed E-state index contributed by atoms with van der Waals surface area (Å²) in [7, 11) is 0. The molecule has 0 bridgehead atoms. The highest BCUT2D eigenvalue weighted by Gasteiger charge is 2.58. The molecule has 2 N–H and O–H groups in total. The van der Waals surface area contributed by atoms with Gasteiger partial charge in [-0.1, -0.05) is 29.8 Å². The third-order valence-corrected chi connectivity index (χ3v) is 4.08. The smallest absolute Gasteiger partial charge is 0.250 e. The van der Waals surface area contributed by atoms with Crippen LogP contribution in [0.25, 0.3) is 10.9 Å². The van der Waals surface area contributed by atoms with E-state index in [-0.39, 0.29) is 19.4 Å². The van der Waals surface area contributed by atoms with Gasteiger partial charge in [0.15, 0.2) is 0 Å². The quantitative estimate of drug-likeness (QED) is 0.922. The molecule has 1 fully saturated rings. The minimum atomic E-state index is -2.68. The van der Waals surface area contributed by atoms with Gasteiger partial charge in [-0.05, 0) is 6.07 Å². The summed E-state index contributed by atoms with van der Waals surface area (Å²) in [6.45, 7) is 0.0926. The topological polar surface area (TPSA) is 51.8 Å². The Kier molecular flexibility index (Phi) is 2.73. The predicted molar refractivity (Wildman–Crippen MR) is 69.5 cm³/mol. The Morgan fingerprint density at radius 3 is 2.53 bits per heavy atom. The molecule has 0 spiro atoms. The Balaban J connectivity index is 2.13. The van der Waals surface area contributed by atoms with Crippen LogP contribution in [0.3, 0.4) is 0 Å². The molecule has 1 aromatic heterocycles. The Morgan fingerprint density at radius 2 is 1.89 bits per heavy atom. The molecule has 0 atom stereocenters. The van der Waals surface area contributed by atoms with Crippen LogP contribution >= 0.6 is 11.6 Å². The van der Waals surface area contributed by atoms with Gasteiger partial charge in [0.25, 0.3) is 0 Å². The monoisotopic (exact) mass is 283 g/mol. The molecule has 1 aliphatic rings. The van der Waals surface area contributed by atoms with Crippen molar-refractivity contribution < 1.29 is 8.78 Å². The number of nitrogens with two attached hydrogens (primary N) is 1. The number of aromatic nitrogens is 2. The van der Waals surface area contributed by atoms with Crippen molar-refractivity contribution >= 4 is 22.5 Å². The fourth-order valence-corrected chi connectivity index (χ4v) is 3.11. The standard InChI is InChI=1S/C13H12ClF2N3/c14-10-8-3-1-2-4-9(8)18-19-11(10)12(7-17)5-13(15,16)6-12/h1-4H,5-7,17H2. The van der Waals surface area contributed by atoms with Gasteiger partial charge in [-0.25, -0.2) is 8.78 Å². The summed E-state index contributed by atoms with van der Waals surface area (Å²) in [6.07, 6.45) is -0.632. The van der Waals surface area contributed by atoms with Crippen LogP contribution < -0.4 is 5.73 Å². The fourth-order valence-electron chi connectivity index (χ4n) is 2.71. The summed E-state index contributed by atoms with van der Waals surface area (Å²) in [5.74, 6) is -2.68. The molecule has 19 heavy (non-hydrogen) atoms. The Bertz CT molecular complexity index is 637. The minimum Gasteiger partial charge on any atom is -0.330 e. The summed E-state index contributed by atoms with van der Waals surface area (Å²) >= 11 is 6.31. The molecular weight excluding hydrogens is 272 g/mol. The Labute approximate surface area is 113 Å². The van der Waals surface area contributed by atoms with Crippen LogP contribution in [0.1, 0.15) is 18.5 Å². The number of rotatable bonds is 2. The SMILES string of the molecule is NCC1(c2nnc3ccccc3c2Cl)CC(F)(F)C1. The Morgan fingerprint density at radius 1 is 1.21 bits per heavy atom. The van der Waals surface area contributed by atoms with E-state index in [4.69, 9.17) is 17.3 Å². The molecule has 2 aromatic rings. The number of hydrogen-bond acceptors (Lipinski definition) is 3. The van der Waals surface area contributed by atoms with Crippen molar-refractivity contribution in [1.29, 1.82) is 0 Å². The average Bonchev–Trinajstić information content (AvgIpc) is 2.36. The van der Waals surface area contributed by atoms with Crippen LogP contribution in [-0.2, 0) is 5.41 Å². The second-order valence-corrected chi connectivity index (χ2v) is 5.45. The highest BCUT2D eigenvalue weighted by Crippen LogP contribution is 2.54. The van der Waals surface area contributed by atoms with Crippen molar-refractivity contribution in [2.24, 2.45) is 5.73 Å². The van der Waals surface area contributed by atoms with Crippen molar-refractivity contribution in [3.8, 4) is 0 Å². The second kappa shape index (κ2) is 4.08. The molecule has 0 amide bonds. The van der Waals surface area contributed by atoms with Gasteiger partial charge >= 0.3 is 0 Å². The molecule has 100 valence electrons. The molecule has 3 rings (SSSR count). The molecule has 6 heteroatoms. The van der Waals surface area contributed by atoms with E-state index < -0.39 is 11.3 Å². The lowest BCUT2D eigenvalue weighted by atomic mass is 9.64. The number of hydrogen-bond donors (Lipinski definition) is 1. The first kappa shape index (κ1) is 12.7. The normalized spacial score (nSPS) is 20.2. The van der Waals surface area contributed by atoms with E-state index in [0.29, 0.717) is 16.2 Å². The second-order valence-electron chi connectivity index (χ2n) is 5.07. The lowest BCUT2D eigenvalue weighted by Crippen LogP contribution is -2.54. The molecule has 0 unspecified atom stereocenters. The first-order chi connectivity index (χ1) is 8.97. The maximum Gasteiger partial charge on any atom is 0.250 e. The third kappa shape index (κ3) is 1.88. The zero-order chi connectivity index (χ0) is 13.7. The molecule has 1 saturated carbocycles. The number of halogens is 3. The Hall–Kier alpha value is -1.33. The van der Waals surface area contributed by atoms with E-state index in [2.05, 4.69) is 10.2 Å². The van der Waals surface area contributed by atoms with Crippen molar-refractivity contribution in [3.63, 3.8) is 0 Å². The van der Waals surface area contributed by atoms with Crippen molar-refractivity contribution in [2.45, 2.75) is 24.2 Å². The number of fused-ring (bicyclic) bond motifs is 1. The van der Waals surface area contributed by atoms with Gasteiger partial charge in [-0.3, -0.25) is 0 Å². The van der Waals surface area contributed by atoms with Gasteiger partial charge in [0.1, 0.15) is 0 Å². The largest absolute Gasteiger partial charge is 0.330 e. The van der Waals surface area contributed by atoms with E-state index in [1.807, 2.05) is 12.1 Å². The van der Waals surface area contributed by atoms with E-state index >= 15 is 0 Å². The predicted octanol–water partition coefficient (Wildman–Crippen LogP) is 2.91. The van der Waals surface area contributed by atoms with E-state index in [0.717, 1.165) is 5.39 Å². The zero-order valence-electron chi connectivity index (χ0n) is 10.0. The van der Waals surface area contributed by atoms with Gasteiger partial charge in [-0.15, -0.1) is 0 Å². The average molecular weight is 284 g/mol. The van der Waals surface area contributed by atoms with Crippen LogP contribution in [0.4, 0.5) is 8.78 Å². The number of benzene rings is 1. The molecule has 3 nitrogen and oxygen atoms in total. The van der Waals surface area contributed by atoms with Crippen LogP contribution in [0.5, 0.6) is 0 Å². The molecule has 0 aliphatic heterocycles. The van der Waals surface area contributed by atoms with Crippen LogP contribution in [-0.4, -0.2) is 22.7 Å². The summed E-state index contributed by atoms with van der Waals surface area (Å²) < 4.78 is 26.4. The lowest BCUT2D eigenvalue weighted by Gasteiger charge is -2.46. The zero-order valence-corrected chi connectivity index (χ0v) is 10.8. The molecule has 0 radical (unpaired) electrons. The highest BCUT2D eigenvalue weighted by atomic mass is 35.5. The van der Waals surface area contributed by atoms with Crippen molar-refractivity contribution in [2.75, 3.05) is 6.54 Å². The van der Waals surface area contributed by atoms with Gasteiger partial charge in [0, 0.05) is 30.2 Å². The maximum absolute atomic E-state index is 13.2. The summed E-state index contributed by atoms with van der Waals surface area (Å²) in [4.78, 5) is 0. The van der Waals surface area contributed by atoms with Crippen LogP contribution in [0.15, 0.2) is 24.3 Å². The number of nitrogens with zero attached hydrogens (tertiary/aromatic N) is 2. The molecule has 1 aliphatic carbocycles. The molecular formula is C13H12ClF2N3. The summed E-state index contributed by atoms with van der Waals surface area (Å²) in [5, 5.41) is 9.19. The minimum absolute atomic E-state index is 0.0926. The molecule has 1 aromatic carbocycles. The van der Waals surface area contributed by atoms with E-state index in [1.54, 1.807) is 12.1 Å². The first-order valence-electron chi connectivity index (χ1n) is 5.97. The van der Waals surface area contributed by atoms with Gasteiger partial charge in [0.05, 0.1) is 16.2 Å². The van der Waals surface area contributed by atoms with Crippen molar-refractivity contribution in [3.05, 3.63) is 35.0 Å². The van der Waals surface area contributed by atoms with Crippen molar-refractivity contribution in [1.82, 2.24) is 10.2 Å². The van der Waals surface area contributed by atoms with Gasteiger partial charge in [0.2, 0.25) is 5.92 Å². The highest BCUT2D eigenvalue weighted by molar-refractivity contribution is 6.36. The molecule has 0 saturated heterocycles. The summed E-state index contributed by atoms with van der Waals surface area (Å²) in [6, 6.07) is 7.23. The fraction of sp³-hybridized carbons (Fsp3) is 0.385. The third-order valence-electron chi connectivity index (χ3n) is 3.69.